The second kappa shape index (κ2) is 4.84. The van der Waals surface area contributed by atoms with Gasteiger partial charge >= 0.3 is 12.1 Å². The molecule has 4 nitrogen and oxygen atoms in total. The first-order valence-electron chi connectivity index (χ1n) is 5.46. The molecule has 0 saturated heterocycles. The molecule has 1 heterocycles. The van der Waals surface area contributed by atoms with Crippen LogP contribution in [0, 0.1) is 0 Å². The van der Waals surface area contributed by atoms with E-state index in [0.717, 1.165) is 12.1 Å². The number of benzene rings is 1. The Labute approximate surface area is 111 Å². The Kier molecular flexibility index (Phi) is 3.35. The first-order valence-corrected chi connectivity index (χ1v) is 5.46. The molecule has 1 aromatic carbocycles. The molecule has 0 aliphatic rings. The number of pyridine rings is 1. The van der Waals surface area contributed by atoms with Crippen LogP contribution in [-0.4, -0.2) is 16.1 Å². The number of aromatic carboxylic acids is 1. The predicted molar refractivity (Wildman–Crippen MR) is 66.0 cm³/mol. The second-order valence-electron chi connectivity index (χ2n) is 4.02. The summed E-state index contributed by atoms with van der Waals surface area (Å²) in [5.74, 6) is -1.26. The summed E-state index contributed by atoms with van der Waals surface area (Å²) in [6.07, 6.45) is -4.51. The lowest BCUT2D eigenvalue weighted by molar-refractivity contribution is -0.137. The zero-order valence-corrected chi connectivity index (χ0v) is 9.98. The summed E-state index contributed by atoms with van der Waals surface area (Å²) in [4.78, 5) is 14.9. The van der Waals surface area contributed by atoms with E-state index in [0.29, 0.717) is 0 Å². The highest BCUT2D eigenvalue weighted by Crippen LogP contribution is 2.32. The standard InChI is InChI=1S/C13H9F3N2O2/c14-13(15,16)8-3-1-2-7(6-8)11-9(12(19)20)4-5-10(17)18-11/h1-6H,(H2,17,18)(H,19,20). The van der Waals surface area contributed by atoms with Gasteiger partial charge in [0.05, 0.1) is 16.8 Å². The van der Waals surface area contributed by atoms with Crippen LogP contribution in [-0.2, 0) is 6.18 Å². The van der Waals surface area contributed by atoms with Gasteiger partial charge in [0, 0.05) is 5.56 Å². The number of anilines is 1. The van der Waals surface area contributed by atoms with Crippen LogP contribution >= 0.6 is 0 Å². The number of halogens is 3. The Morgan fingerprint density at radius 3 is 2.50 bits per heavy atom. The van der Waals surface area contributed by atoms with Gasteiger partial charge in [-0.25, -0.2) is 9.78 Å². The number of nitrogens with zero attached hydrogens (tertiary/aromatic N) is 1. The van der Waals surface area contributed by atoms with Gasteiger partial charge in [-0.1, -0.05) is 12.1 Å². The summed E-state index contributed by atoms with van der Waals surface area (Å²) >= 11 is 0. The number of carbonyl (C=O) groups is 1. The van der Waals surface area contributed by atoms with Crippen molar-refractivity contribution < 1.29 is 23.1 Å². The highest BCUT2D eigenvalue weighted by Gasteiger charge is 2.30. The van der Waals surface area contributed by atoms with Gasteiger partial charge in [-0.2, -0.15) is 13.2 Å². The minimum atomic E-state index is -4.51. The Hall–Kier alpha value is -2.57. The van der Waals surface area contributed by atoms with Crippen molar-refractivity contribution in [3.63, 3.8) is 0 Å². The lowest BCUT2D eigenvalue weighted by atomic mass is 10.0. The van der Waals surface area contributed by atoms with Crippen molar-refractivity contribution in [2.75, 3.05) is 5.73 Å². The zero-order valence-electron chi connectivity index (χ0n) is 9.98. The Morgan fingerprint density at radius 2 is 1.90 bits per heavy atom. The van der Waals surface area contributed by atoms with E-state index < -0.39 is 17.7 Å². The number of hydrogen-bond donors (Lipinski definition) is 2. The van der Waals surface area contributed by atoms with Crippen LogP contribution in [0.3, 0.4) is 0 Å². The molecular formula is C13H9F3N2O2. The molecule has 0 bridgehead atoms. The van der Waals surface area contributed by atoms with E-state index >= 15 is 0 Å². The summed E-state index contributed by atoms with van der Waals surface area (Å²) < 4.78 is 38.0. The topological polar surface area (TPSA) is 76.2 Å². The van der Waals surface area contributed by atoms with E-state index in [4.69, 9.17) is 10.8 Å². The zero-order chi connectivity index (χ0) is 14.9. The number of nitrogen functional groups attached to an aromatic ring is 1. The number of nitrogens with two attached hydrogens (primary N) is 1. The van der Waals surface area contributed by atoms with Crippen molar-refractivity contribution in [1.29, 1.82) is 0 Å². The molecule has 20 heavy (non-hydrogen) atoms. The van der Waals surface area contributed by atoms with E-state index in [1.165, 1.54) is 24.3 Å². The fourth-order valence-corrected chi connectivity index (χ4v) is 1.71. The van der Waals surface area contributed by atoms with Crippen LogP contribution < -0.4 is 5.73 Å². The molecule has 0 unspecified atom stereocenters. The van der Waals surface area contributed by atoms with E-state index in [1.807, 2.05) is 0 Å². The van der Waals surface area contributed by atoms with Crippen LogP contribution in [0.5, 0.6) is 0 Å². The second-order valence-corrected chi connectivity index (χ2v) is 4.02. The SMILES string of the molecule is Nc1ccc(C(=O)O)c(-c2cccc(C(F)(F)F)c2)n1. The number of alkyl halides is 3. The highest BCUT2D eigenvalue weighted by molar-refractivity contribution is 5.95. The third kappa shape index (κ3) is 2.71. The molecule has 0 atom stereocenters. The normalized spacial score (nSPS) is 11.3. The van der Waals surface area contributed by atoms with Gasteiger partial charge < -0.3 is 10.8 Å². The average molecular weight is 282 g/mol. The van der Waals surface area contributed by atoms with Gasteiger partial charge in [-0.3, -0.25) is 0 Å². The third-order valence-electron chi connectivity index (χ3n) is 2.61. The van der Waals surface area contributed by atoms with E-state index in [9.17, 15) is 18.0 Å². The molecule has 0 fully saturated rings. The number of carboxylic acids is 1. The Bertz CT molecular complexity index is 669. The molecule has 7 heteroatoms. The first-order chi connectivity index (χ1) is 9.29. The van der Waals surface area contributed by atoms with Gasteiger partial charge in [0.2, 0.25) is 0 Å². The molecule has 0 radical (unpaired) electrons. The summed E-state index contributed by atoms with van der Waals surface area (Å²) in [5.41, 5.74) is 4.33. The van der Waals surface area contributed by atoms with Gasteiger partial charge in [0.15, 0.2) is 0 Å². The fourth-order valence-electron chi connectivity index (χ4n) is 1.71. The number of aromatic nitrogens is 1. The average Bonchev–Trinajstić information content (AvgIpc) is 2.37. The number of carboxylic acid groups (broad SMARTS) is 1. The minimum Gasteiger partial charge on any atom is -0.478 e. The quantitative estimate of drug-likeness (QED) is 0.887. The molecule has 0 amide bonds. The fraction of sp³-hybridized carbons (Fsp3) is 0.0769. The molecule has 3 N–H and O–H groups in total. The van der Waals surface area contributed by atoms with Gasteiger partial charge in [0.25, 0.3) is 0 Å². The van der Waals surface area contributed by atoms with Crippen LogP contribution in [0.1, 0.15) is 15.9 Å². The van der Waals surface area contributed by atoms with Gasteiger partial charge in [-0.15, -0.1) is 0 Å². The third-order valence-corrected chi connectivity index (χ3v) is 2.61. The smallest absolute Gasteiger partial charge is 0.416 e. The van der Waals surface area contributed by atoms with Gasteiger partial charge in [0.1, 0.15) is 5.82 Å². The molecule has 1 aromatic heterocycles. The maximum Gasteiger partial charge on any atom is 0.416 e. The minimum absolute atomic E-state index is 0.0300. The van der Waals surface area contributed by atoms with Crippen molar-refractivity contribution >= 4 is 11.8 Å². The van der Waals surface area contributed by atoms with E-state index in [-0.39, 0.29) is 22.6 Å². The van der Waals surface area contributed by atoms with E-state index in [1.54, 1.807) is 0 Å². The summed E-state index contributed by atoms with van der Waals surface area (Å²) in [6.45, 7) is 0. The van der Waals surface area contributed by atoms with Crippen molar-refractivity contribution in [2.24, 2.45) is 0 Å². The Morgan fingerprint density at radius 1 is 1.20 bits per heavy atom. The first kappa shape index (κ1) is 13.9. The maximum atomic E-state index is 12.7. The molecule has 0 aliphatic heterocycles. The molecule has 104 valence electrons. The number of hydrogen-bond acceptors (Lipinski definition) is 3. The summed E-state index contributed by atoms with van der Waals surface area (Å²) in [7, 11) is 0. The molecule has 0 saturated carbocycles. The highest BCUT2D eigenvalue weighted by atomic mass is 19.4. The monoisotopic (exact) mass is 282 g/mol. The number of rotatable bonds is 2. The van der Waals surface area contributed by atoms with Crippen LogP contribution in [0.4, 0.5) is 19.0 Å². The van der Waals surface area contributed by atoms with Crippen molar-refractivity contribution in [1.82, 2.24) is 4.98 Å². The largest absolute Gasteiger partial charge is 0.478 e. The maximum absolute atomic E-state index is 12.7. The molecule has 0 aliphatic carbocycles. The summed E-state index contributed by atoms with van der Waals surface area (Å²) in [5, 5.41) is 9.04. The van der Waals surface area contributed by atoms with Crippen molar-refractivity contribution in [3.05, 3.63) is 47.5 Å². The van der Waals surface area contributed by atoms with Crippen LogP contribution in [0.25, 0.3) is 11.3 Å². The van der Waals surface area contributed by atoms with Crippen LogP contribution in [0.2, 0.25) is 0 Å². The van der Waals surface area contributed by atoms with Crippen molar-refractivity contribution in [3.8, 4) is 11.3 Å². The van der Waals surface area contributed by atoms with Gasteiger partial charge in [-0.05, 0) is 24.3 Å². The molecular weight excluding hydrogens is 273 g/mol. The predicted octanol–water partition coefficient (Wildman–Crippen LogP) is 3.05. The van der Waals surface area contributed by atoms with E-state index in [2.05, 4.69) is 4.98 Å². The lowest BCUT2D eigenvalue weighted by Gasteiger charge is -2.10. The van der Waals surface area contributed by atoms with Crippen molar-refractivity contribution in [2.45, 2.75) is 6.18 Å². The molecule has 2 aromatic rings. The molecule has 0 spiro atoms. The van der Waals surface area contributed by atoms with Crippen LogP contribution in [0.15, 0.2) is 36.4 Å². The summed E-state index contributed by atoms with van der Waals surface area (Å²) in [6, 6.07) is 6.77. The lowest BCUT2D eigenvalue weighted by Crippen LogP contribution is -2.07. The molecule has 2 rings (SSSR count). The Balaban J connectivity index is 2.62.